The van der Waals surface area contributed by atoms with Crippen molar-refractivity contribution in [2.45, 2.75) is 30.7 Å². The van der Waals surface area contributed by atoms with Gasteiger partial charge in [-0.3, -0.25) is 4.90 Å². The molecule has 8 nitrogen and oxygen atoms in total. The first-order valence-electron chi connectivity index (χ1n) is 11.8. The van der Waals surface area contributed by atoms with Gasteiger partial charge >= 0.3 is 0 Å². The van der Waals surface area contributed by atoms with Crippen LogP contribution in [0.2, 0.25) is 0 Å². The van der Waals surface area contributed by atoms with Gasteiger partial charge in [0.25, 0.3) is 0 Å². The minimum atomic E-state index is -3.22. The van der Waals surface area contributed by atoms with Gasteiger partial charge in [-0.2, -0.15) is 4.31 Å². The van der Waals surface area contributed by atoms with Crippen molar-refractivity contribution in [3.8, 4) is 5.75 Å². The molecule has 1 N–H and O–H groups in total. The minimum absolute atomic E-state index is 0.233. The quantitative estimate of drug-likeness (QED) is 0.287. The summed E-state index contributed by atoms with van der Waals surface area (Å²) in [6.45, 7) is 8.79. The van der Waals surface area contributed by atoms with Crippen molar-refractivity contribution in [2.75, 3.05) is 44.4 Å². The topological polar surface area (TPSA) is 87.7 Å². The number of piperazine rings is 1. The van der Waals surface area contributed by atoms with E-state index in [-0.39, 0.29) is 5.82 Å². The minimum Gasteiger partial charge on any atom is -0.493 e. The Morgan fingerprint density at radius 1 is 1.14 bits per heavy atom. The first-order valence-corrected chi connectivity index (χ1v) is 15.2. The Hall–Kier alpha value is -2.09. The number of nitrogens with zero attached hydrogens (tertiary/aromatic N) is 4. The number of sulfonamides is 1. The molecule has 1 aromatic heterocycles. The maximum absolute atomic E-state index is 14.0. The second-order valence-corrected chi connectivity index (χ2v) is 12.0. The predicted molar refractivity (Wildman–Crippen MR) is 149 cm³/mol. The average molecular weight is 628 g/mol. The lowest BCUT2D eigenvalue weighted by molar-refractivity contribution is 0.0757. The lowest BCUT2D eigenvalue weighted by Crippen LogP contribution is -2.54. The molecule has 1 aliphatic heterocycles. The summed E-state index contributed by atoms with van der Waals surface area (Å²) >= 11 is 2.14. The smallest absolute Gasteiger partial charge is 0.211 e. The highest BCUT2D eigenvalue weighted by Crippen LogP contribution is 2.39. The van der Waals surface area contributed by atoms with Gasteiger partial charge in [0.05, 0.1) is 18.4 Å². The molecule has 36 heavy (non-hydrogen) atoms. The molecular weight excluding hydrogens is 596 g/mol. The third kappa shape index (κ3) is 5.58. The summed E-state index contributed by atoms with van der Waals surface area (Å²) in [6, 6.07) is 8.92. The molecule has 0 spiro atoms. The van der Waals surface area contributed by atoms with E-state index < -0.39 is 15.6 Å². The Bertz CT molecular complexity index is 1360. The van der Waals surface area contributed by atoms with Crippen LogP contribution >= 0.6 is 22.6 Å². The van der Waals surface area contributed by atoms with E-state index in [0.29, 0.717) is 48.6 Å². The van der Waals surface area contributed by atoms with Crippen LogP contribution in [-0.2, 0) is 20.0 Å². The fraction of sp³-hybridized carbons (Fsp3) is 0.440. The number of aromatic nitrogens is 2. The third-order valence-electron chi connectivity index (χ3n) is 6.65. The number of ether oxygens (including phenoxy) is 1. The number of alkyl halides is 1. The maximum atomic E-state index is 14.0. The molecule has 4 rings (SSSR count). The number of anilines is 2. The van der Waals surface area contributed by atoms with Gasteiger partial charge < -0.3 is 10.1 Å². The van der Waals surface area contributed by atoms with Crippen LogP contribution in [0.15, 0.2) is 36.7 Å². The van der Waals surface area contributed by atoms with Gasteiger partial charge in [-0.1, -0.05) is 22.6 Å². The number of halogens is 2. The fourth-order valence-corrected chi connectivity index (χ4v) is 5.99. The molecule has 1 fully saturated rings. The number of hydrogen-bond acceptors (Lipinski definition) is 7. The lowest BCUT2D eigenvalue weighted by atomic mass is 9.89. The van der Waals surface area contributed by atoms with E-state index in [1.165, 1.54) is 23.0 Å². The average Bonchev–Trinajstić information content (AvgIpc) is 2.84. The Morgan fingerprint density at radius 2 is 1.86 bits per heavy atom. The molecule has 0 unspecified atom stereocenters. The molecular formula is C25H31FIN5O3S. The van der Waals surface area contributed by atoms with Crippen LogP contribution in [0, 0.1) is 5.82 Å². The van der Waals surface area contributed by atoms with Gasteiger partial charge in [0.15, 0.2) is 0 Å². The molecule has 194 valence electrons. The first-order chi connectivity index (χ1) is 17.0. The van der Waals surface area contributed by atoms with Gasteiger partial charge in [0.1, 0.15) is 23.7 Å². The number of benzene rings is 2. The SMILES string of the molecule is CCOc1cc2ncnc(Nc3ccc(F)c(CI)c3)c2cc1C(C)(C)N1CCN(S(C)(=O)=O)CC1. The highest BCUT2D eigenvalue weighted by Gasteiger charge is 2.36. The lowest BCUT2D eigenvalue weighted by Gasteiger charge is -2.44. The van der Waals surface area contributed by atoms with Crippen molar-refractivity contribution in [3.05, 3.63) is 53.6 Å². The van der Waals surface area contributed by atoms with Crippen molar-refractivity contribution in [2.24, 2.45) is 0 Å². The Labute approximate surface area is 225 Å². The summed E-state index contributed by atoms with van der Waals surface area (Å²) in [5.74, 6) is 1.12. The molecule has 1 aliphatic rings. The highest BCUT2D eigenvalue weighted by molar-refractivity contribution is 14.1. The number of rotatable bonds is 8. The monoisotopic (exact) mass is 627 g/mol. The molecule has 0 radical (unpaired) electrons. The second-order valence-electron chi connectivity index (χ2n) is 9.29. The molecule has 2 heterocycles. The molecule has 2 aromatic carbocycles. The van der Waals surface area contributed by atoms with Crippen molar-refractivity contribution >= 4 is 55.0 Å². The van der Waals surface area contributed by atoms with Crippen molar-refractivity contribution in [1.82, 2.24) is 19.2 Å². The van der Waals surface area contributed by atoms with Crippen LogP contribution in [0.5, 0.6) is 5.75 Å². The van der Waals surface area contributed by atoms with Gasteiger partial charge in [0.2, 0.25) is 10.0 Å². The number of fused-ring (bicyclic) bond motifs is 1. The van der Waals surface area contributed by atoms with Crippen LogP contribution in [0.4, 0.5) is 15.9 Å². The van der Waals surface area contributed by atoms with Crippen LogP contribution in [0.25, 0.3) is 10.9 Å². The zero-order valence-electron chi connectivity index (χ0n) is 20.9. The van der Waals surface area contributed by atoms with Crippen LogP contribution < -0.4 is 10.1 Å². The van der Waals surface area contributed by atoms with E-state index in [9.17, 15) is 12.8 Å². The molecule has 0 aliphatic carbocycles. The molecule has 3 aromatic rings. The van der Waals surface area contributed by atoms with Gasteiger partial charge in [0, 0.05) is 58.8 Å². The van der Waals surface area contributed by atoms with E-state index in [1.54, 1.807) is 12.1 Å². The zero-order chi connectivity index (χ0) is 26.1. The van der Waals surface area contributed by atoms with E-state index in [2.05, 4.69) is 56.6 Å². The van der Waals surface area contributed by atoms with E-state index >= 15 is 0 Å². The zero-order valence-corrected chi connectivity index (χ0v) is 23.9. The summed E-state index contributed by atoms with van der Waals surface area (Å²) in [7, 11) is -3.22. The number of nitrogens with one attached hydrogen (secondary N) is 1. The van der Waals surface area contributed by atoms with Gasteiger partial charge in [-0.15, -0.1) is 0 Å². The summed E-state index contributed by atoms with van der Waals surface area (Å²) in [4.78, 5) is 11.2. The third-order valence-corrected chi connectivity index (χ3v) is 8.77. The molecule has 0 saturated carbocycles. The second kappa shape index (κ2) is 10.7. The Kier molecular flexibility index (Phi) is 8.03. The van der Waals surface area contributed by atoms with E-state index in [0.717, 1.165) is 27.9 Å². The van der Waals surface area contributed by atoms with Crippen molar-refractivity contribution in [1.29, 1.82) is 0 Å². The Morgan fingerprint density at radius 3 is 2.50 bits per heavy atom. The summed E-state index contributed by atoms with van der Waals surface area (Å²) in [5.41, 5.74) is 2.62. The van der Waals surface area contributed by atoms with Crippen LogP contribution in [-0.4, -0.2) is 66.6 Å². The van der Waals surface area contributed by atoms with Gasteiger partial charge in [-0.05, 0) is 50.6 Å². The number of hydrogen-bond donors (Lipinski definition) is 1. The molecule has 0 atom stereocenters. The first kappa shape index (κ1) is 27.0. The van der Waals surface area contributed by atoms with E-state index in [4.69, 9.17) is 4.74 Å². The van der Waals surface area contributed by atoms with Crippen LogP contribution in [0.1, 0.15) is 31.9 Å². The van der Waals surface area contributed by atoms with Crippen LogP contribution in [0.3, 0.4) is 0 Å². The summed E-state index contributed by atoms with van der Waals surface area (Å²) < 4.78 is 46.1. The standard InChI is InChI=1S/C25H31FIN5O3S/c1-5-35-23-14-22-19(24(29-16-28-22)30-18-6-7-21(26)17(12-18)15-27)13-20(23)25(2,3)31-8-10-32(11-9-31)36(4,33)34/h6-7,12-14,16H,5,8-11,15H2,1-4H3,(H,28,29,30). The molecule has 0 bridgehead atoms. The summed E-state index contributed by atoms with van der Waals surface area (Å²) in [6.07, 6.45) is 2.75. The summed E-state index contributed by atoms with van der Waals surface area (Å²) in [5, 5.41) is 4.15. The fourth-order valence-electron chi connectivity index (χ4n) is 4.58. The maximum Gasteiger partial charge on any atom is 0.211 e. The molecule has 11 heteroatoms. The Balaban J connectivity index is 1.73. The highest BCUT2D eigenvalue weighted by atomic mass is 127. The van der Waals surface area contributed by atoms with E-state index in [1.807, 2.05) is 19.1 Å². The predicted octanol–water partition coefficient (Wildman–Crippen LogP) is 4.66. The van der Waals surface area contributed by atoms with Crippen molar-refractivity contribution in [3.63, 3.8) is 0 Å². The largest absolute Gasteiger partial charge is 0.493 e. The van der Waals surface area contributed by atoms with Gasteiger partial charge in [-0.25, -0.2) is 22.8 Å². The molecule has 1 saturated heterocycles. The normalized spacial score (nSPS) is 15.8. The van der Waals surface area contributed by atoms with Crippen molar-refractivity contribution < 1.29 is 17.5 Å². The molecule has 0 amide bonds.